The summed E-state index contributed by atoms with van der Waals surface area (Å²) in [6.45, 7) is 11.6. The molecule has 2 fully saturated rings. The lowest BCUT2D eigenvalue weighted by Crippen LogP contribution is -2.47. The van der Waals surface area contributed by atoms with Crippen molar-refractivity contribution in [1.82, 2.24) is 9.47 Å². The van der Waals surface area contributed by atoms with Gasteiger partial charge in [0.15, 0.2) is 0 Å². The normalized spacial score (nSPS) is 19.7. The maximum atomic E-state index is 13.7. The van der Waals surface area contributed by atoms with Crippen molar-refractivity contribution < 1.29 is 19.1 Å². The number of pyridine rings is 1. The number of benzene rings is 2. The van der Waals surface area contributed by atoms with Crippen LogP contribution in [0.4, 0.5) is 11.4 Å². The molecule has 2 aromatic carbocycles. The predicted molar refractivity (Wildman–Crippen MR) is 179 cm³/mol. The van der Waals surface area contributed by atoms with Crippen molar-refractivity contribution >= 4 is 29.2 Å². The SMILES string of the molecule is CCOC(=O)C1CCN(C(=O)c2ccc(N3C[C@H]4C[C@@H](C3)c3cccc(=O)n3C4)c(NC(=O)c3ccc(C(C)(C)C)cc3)c2)CC1. The monoisotopic (exact) mass is 624 g/mol. The van der Waals surface area contributed by atoms with E-state index in [-0.39, 0.29) is 40.6 Å². The molecule has 3 aromatic rings. The topological polar surface area (TPSA) is 101 Å². The summed E-state index contributed by atoms with van der Waals surface area (Å²) >= 11 is 0. The first kappa shape index (κ1) is 31.6. The Morgan fingerprint density at radius 1 is 0.913 bits per heavy atom. The van der Waals surface area contributed by atoms with E-state index in [1.807, 2.05) is 53.1 Å². The van der Waals surface area contributed by atoms with Gasteiger partial charge in [0.25, 0.3) is 17.4 Å². The molecular weight excluding hydrogens is 580 g/mol. The standard InChI is InChI=1S/C37H44N4O5/c1-5-46-36(45)26-15-17-39(18-16-26)35(44)27-11-14-32(30(20-27)38-34(43)25-9-12-29(13-10-25)37(2,3)4)40-21-24-19-28(23-40)31-7-6-8-33(42)41(31)22-24/h6-14,20,24,26,28H,5,15-19,21-23H2,1-4H3,(H,38,43)/t24-,28+/m1/s1. The molecule has 3 aliphatic heterocycles. The maximum absolute atomic E-state index is 13.7. The number of esters is 1. The first-order valence-corrected chi connectivity index (χ1v) is 16.5. The average Bonchev–Trinajstić information content (AvgIpc) is 3.04. The number of ether oxygens (including phenoxy) is 1. The third kappa shape index (κ3) is 6.46. The third-order valence-corrected chi connectivity index (χ3v) is 9.73. The number of carbonyl (C=O) groups is 3. The number of aromatic nitrogens is 1. The summed E-state index contributed by atoms with van der Waals surface area (Å²) in [6, 6.07) is 18.7. The van der Waals surface area contributed by atoms with Crippen molar-refractivity contribution in [3.63, 3.8) is 0 Å². The van der Waals surface area contributed by atoms with E-state index in [4.69, 9.17) is 4.74 Å². The number of nitrogens with one attached hydrogen (secondary N) is 1. The zero-order valence-electron chi connectivity index (χ0n) is 27.3. The number of anilines is 2. The highest BCUT2D eigenvalue weighted by Gasteiger charge is 2.36. The molecular formula is C37H44N4O5. The first-order valence-electron chi connectivity index (χ1n) is 16.5. The quantitative estimate of drug-likeness (QED) is 0.367. The van der Waals surface area contributed by atoms with Crippen molar-refractivity contribution in [3.05, 3.63) is 93.4 Å². The largest absolute Gasteiger partial charge is 0.466 e. The van der Waals surface area contributed by atoms with Crippen LogP contribution in [0, 0.1) is 11.8 Å². The van der Waals surface area contributed by atoms with E-state index in [9.17, 15) is 19.2 Å². The maximum Gasteiger partial charge on any atom is 0.309 e. The molecule has 0 radical (unpaired) electrons. The molecule has 0 aliphatic carbocycles. The van der Waals surface area contributed by atoms with Crippen LogP contribution < -0.4 is 15.8 Å². The summed E-state index contributed by atoms with van der Waals surface area (Å²) in [7, 11) is 0. The van der Waals surface area contributed by atoms with Gasteiger partial charge in [0.1, 0.15) is 0 Å². The van der Waals surface area contributed by atoms with E-state index in [0.717, 1.165) is 29.9 Å². The van der Waals surface area contributed by atoms with Gasteiger partial charge in [-0.25, -0.2) is 0 Å². The molecule has 0 unspecified atom stereocenters. The molecule has 2 bridgehead atoms. The smallest absolute Gasteiger partial charge is 0.309 e. The number of likely N-dealkylation sites (tertiary alicyclic amines) is 1. The Morgan fingerprint density at radius 2 is 1.63 bits per heavy atom. The summed E-state index contributed by atoms with van der Waals surface area (Å²) in [5.74, 6) is -0.263. The summed E-state index contributed by atoms with van der Waals surface area (Å²) < 4.78 is 7.10. The van der Waals surface area contributed by atoms with Crippen LogP contribution in [0.1, 0.15) is 84.8 Å². The van der Waals surface area contributed by atoms with E-state index in [1.165, 1.54) is 0 Å². The number of fused-ring (bicyclic) bond motifs is 4. The number of piperidine rings is 2. The van der Waals surface area contributed by atoms with Crippen LogP contribution >= 0.6 is 0 Å². The minimum absolute atomic E-state index is 0.0300. The minimum atomic E-state index is -0.240. The van der Waals surface area contributed by atoms with Crippen molar-refractivity contribution in [2.75, 3.05) is 43.0 Å². The van der Waals surface area contributed by atoms with Gasteiger partial charge in [0.2, 0.25) is 0 Å². The van der Waals surface area contributed by atoms with E-state index < -0.39 is 0 Å². The van der Waals surface area contributed by atoms with Crippen LogP contribution in [0.15, 0.2) is 65.5 Å². The predicted octanol–water partition coefficient (Wildman–Crippen LogP) is 5.44. The van der Waals surface area contributed by atoms with Gasteiger partial charge in [0.05, 0.1) is 23.9 Å². The molecule has 46 heavy (non-hydrogen) atoms. The lowest BCUT2D eigenvalue weighted by Gasteiger charge is -2.44. The Morgan fingerprint density at radius 3 is 2.33 bits per heavy atom. The fourth-order valence-electron chi connectivity index (χ4n) is 7.22. The van der Waals surface area contributed by atoms with Crippen LogP contribution in [0.2, 0.25) is 0 Å². The molecule has 9 nitrogen and oxygen atoms in total. The van der Waals surface area contributed by atoms with Gasteiger partial charge >= 0.3 is 5.97 Å². The van der Waals surface area contributed by atoms with Gasteiger partial charge in [-0.05, 0) is 79.5 Å². The Labute approximate surface area is 270 Å². The second-order valence-electron chi connectivity index (χ2n) is 13.9. The lowest BCUT2D eigenvalue weighted by molar-refractivity contribution is -0.149. The molecule has 242 valence electrons. The molecule has 0 spiro atoms. The molecule has 1 N–H and O–H groups in total. The summed E-state index contributed by atoms with van der Waals surface area (Å²) in [6.07, 6.45) is 2.15. The Hall–Kier alpha value is -4.40. The van der Waals surface area contributed by atoms with E-state index >= 15 is 0 Å². The van der Waals surface area contributed by atoms with Crippen LogP contribution in [0.5, 0.6) is 0 Å². The Bertz CT molecular complexity index is 1680. The minimum Gasteiger partial charge on any atom is -0.466 e. The highest BCUT2D eigenvalue weighted by atomic mass is 16.5. The number of carbonyl (C=O) groups excluding carboxylic acids is 3. The van der Waals surface area contributed by atoms with Gasteiger partial charge in [-0.15, -0.1) is 0 Å². The van der Waals surface area contributed by atoms with E-state index in [0.29, 0.717) is 68.4 Å². The van der Waals surface area contributed by atoms with Gasteiger partial charge in [-0.2, -0.15) is 0 Å². The molecule has 1 aromatic heterocycles. The Kier molecular flexibility index (Phi) is 8.77. The molecule has 4 heterocycles. The van der Waals surface area contributed by atoms with Gasteiger partial charge in [-0.1, -0.05) is 39.0 Å². The van der Waals surface area contributed by atoms with Crippen LogP contribution in [0.25, 0.3) is 0 Å². The van der Waals surface area contributed by atoms with Gasteiger partial charge in [0, 0.05) is 61.5 Å². The number of hydrogen-bond acceptors (Lipinski definition) is 6. The first-order chi connectivity index (χ1) is 22.0. The van der Waals surface area contributed by atoms with E-state index in [1.54, 1.807) is 24.0 Å². The number of nitrogens with zero attached hydrogens (tertiary/aromatic N) is 3. The van der Waals surface area contributed by atoms with Gasteiger partial charge in [-0.3, -0.25) is 19.2 Å². The van der Waals surface area contributed by atoms with Crippen molar-refractivity contribution in [3.8, 4) is 0 Å². The van der Waals surface area contributed by atoms with Gasteiger partial charge < -0.3 is 24.4 Å². The highest BCUT2D eigenvalue weighted by Crippen LogP contribution is 2.39. The van der Waals surface area contributed by atoms with Crippen molar-refractivity contribution in [1.29, 1.82) is 0 Å². The number of hydrogen-bond donors (Lipinski definition) is 1. The molecule has 9 heteroatoms. The second kappa shape index (κ2) is 12.8. The van der Waals surface area contributed by atoms with Crippen LogP contribution in [-0.2, 0) is 21.5 Å². The van der Waals surface area contributed by atoms with E-state index in [2.05, 4.69) is 31.0 Å². The van der Waals surface area contributed by atoms with Crippen molar-refractivity contribution in [2.24, 2.45) is 11.8 Å². The summed E-state index contributed by atoms with van der Waals surface area (Å²) in [5.41, 5.74) is 4.68. The van der Waals surface area contributed by atoms with Crippen LogP contribution in [0.3, 0.4) is 0 Å². The lowest BCUT2D eigenvalue weighted by atomic mass is 9.83. The molecule has 0 saturated carbocycles. The molecule has 3 aliphatic rings. The zero-order chi connectivity index (χ0) is 32.6. The molecule has 2 amide bonds. The zero-order valence-corrected chi connectivity index (χ0v) is 27.3. The fraction of sp³-hybridized carbons (Fsp3) is 0.459. The summed E-state index contributed by atoms with van der Waals surface area (Å²) in [5, 5.41) is 3.14. The number of rotatable bonds is 6. The second-order valence-corrected chi connectivity index (χ2v) is 13.9. The molecule has 6 rings (SSSR count). The van der Waals surface area contributed by atoms with Crippen molar-refractivity contribution in [2.45, 2.75) is 64.8 Å². The molecule has 2 saturated heterocycles. The fourth-order valence-corrected chi connectivity index (χ4v) is 7.22. The number of amides is 2. The average molecular weight is 625 g/mol. The highest BCUT2D eigenvalue weighted by molar-refractivity contribution is 6.07. The Balaban J connectivity index is 1.27. The van der Waals surface area contributed by atoms with Crippen LogP contribution in [-0.4, -0.2) is 60.0 Å². The molecule has 2 atom stereocenters. The third-order valence-electron chi connectivity index (χ3n) is 9.73. The summed E-state index contributed by atoms with van der Waals surface area (Å²) in [4.78, 5) is 56.2.